The molecule has 0 spiro atoms. The number of sulfonamides is 1. The number of benzene rings is 1. The van der Waals surface area contributed by atoms with E-state index in [4.69, 9.17) is 0 Å². The lowest BCUT2D eigenvalue weighted by Gasteiger charge is -2.21. The largest absolute Gasteiger partial charge is 0.322 e. The average molecular weight is 361 g/mol. The lowest BCUT2D eigenvalue weighted by atomic mass is 10.2. The smallest absolute Gasteiger partial charge is 0.255 e. The summed E-state index contributed by atoms with van der Waals surface area (Å²) in [4.78, 5) is 16.2. The van der Waals surface area contributed by atoms with Crippen LogP contribution in [0.3, 0.4) is 0 Å². The molecule has 0 bridgehead atoms. The molecule has 134 valence electrons. The molecular weight excluding hydrogens is 338 g/mol. The second-order valence-electron chi connectivity index (χ2n) is 5.62. The Balaban J connectivity index is 2.14. The molecule has 1 aromatic heterocycles. The molecule has 1 heterocycles. The first-order valence-corrected chi connectivity index (χ1v) is 9.74. The van der Waals surface area contributed by atoms with Gasteiger partial charge in [0, 0.05) is 36.7 Å². The minimum absolute atomic E-state index is 0.233. The van der Waals surface area contributed by atoms with Gasteiger partial charge in [0.05, 0.1) is 4.90 Å². The molecule has 0 radical (unpaired) electrons. The van der Waals surface area contributed by atoms with Crippen molar-refractivity contribution in [3.05, 3.63) is 54.4 Å². The highest BCUT2D eigenvalue weighted by molar-refractivity contribution is 7.89. The van der Waals surface area contributed by atoms with Gasteiger partial charge in [0.15, 0.2) is 0 Å². The van der Waals surface area contributed by atoms with Gasteiger partial charge in [-0.2, -0.15) is 4.31 Å². The fourth-order valence-electron chi connectivity index (χ4n) is 2.42. The Morgan fingerprint density at radius 2 is 1.56 bits per heavy atom. The summed E-state index contributed by atoms with van der Waals surface area (Å²) >= 11 is 0. The van der Waals surface area contributed by atoms with Crippen LogP contribution in [-0.4, -0.2) is 36.7 Å². The summed E-state index contributed by atoms with van der Waals surface area (Å²) in [5, 5.41) is 2.74. The molecule has 2 aromatic rings. The Labute approximate surface area is 148 Å². The van der Waals surface area contributed by atoms with Gasteiger partial charge in [-0.05, 0) is 49.2 Å². The normalized spacial score (nSPS) is 11.5. The molecule has 2 rings (SSSR count). The number of nitrogens with zero attached hydrogens (tertiary/aromatic N) is 2. The number of hydrogen-bond donors (Lipinski definition) is 1. The summed E-state index contributed by atoms with van der Waals surface area (Å²) in [6, 6.07) is 9.47. The van der Waals surface area contributed by atoms with E-state index >= 15 is 0 Å². The fraction of sp³-hybridized carbons (Fsp3) is 0.333. The minimum atomic E-state index is -3.51. The second-order valence-corrected chi connectivity index (χ2v) is 7.56. The van der Waals surface area contributed by atoms with Crippen LogP contribution in [0.2, 0.25) is 0 Å². The van der Waals surface area contributed by atoms with Gasteiger partial charge in [0.2, 0.25) is 10.0 Å². The van der Waals surface area contributed by atoms with Crippen LogP contribution in [0.25, 0.3) is 0 Å². The number of amides is 1. The van der Waals surface area contributed by atoms with E-state index in [2.05, 4.69) is 10.3 Å². The minimum Gasteiger partial charge on any atom is -0.322 e. The fourth-order valence-corrected chi connectivity index (χ4v) is 4.04. The zero-order valence-corrected chi connectivity index (χ0v) is 15.3. The Hall–Kier alpha value is -2.25. The Kier molecular flexibility index (Phi) is 6.66. The third kappa shape index (κ3) is 4.87. The third-order valence-corrected chi connectivity index (χ3v) is 5.55. The number of carbonyl (C=O) groups excluding carboxylic acids is 1. The zero-order chi connectivity index (χ0) is 18.3. The van der Waals surface area contributed by atoms with Crippen LogP contribution in [0.4, 0.5) is 5.69 Å². The Morgan fingerprint density at radius 3 is 2.08 bits per heavy atom. The van der Waals surface area contributed by atoms with E-state index in [9.17, 15) is 13.2 Å². The van der Waals surface area contributed by atoms with Gasteiger partial charge in [-0.25, -0.2) is 8.42 Å². The highest BCUT2D eigenvalue weighted by Crippen LogP contribution is 2.19. The van der Waals surface area contributed by atoms with Crippen molar-refractivity contribution in [1.29, 1.82) is 0 Å². The van der Waals surface area contributed by atoms with E-state index < -0.39 is 10.0 Å². The van der Waals surface area contributed by atoms with Crippen LogP contribution >= 0.6 is 0 Å². The molecule has 0 atom stereocenters. The van der Waals surface area contributed by atoms with Crippen LogP contribution in [-0.2, 0) is 10.0 Å². The summed E-state index contributed by atoms with van der Waals surface area (Å²) in [6.45, 7) is 4.90. The molecule has 25 heavy (non-hydrogen) atoms. The molecule has 0 fully saturated rings. The monoisotopic (exact) mass is 361 g/mol. The number of anilines is 1. The molecule has 1 amide bonds. The molecule has 0 aliphatic carbocycles. The lowest BCUT2D eigenvalue weighted by molar-refractivity contribution is 0.102. The van der Waals surface area contributed by atoms with Crippen molar-refractivity contribution in [2.45, 2.75) is 31.6 Å². The van der Waals surface area contributed by atoms with E-state index in [-0.39, 0.29) is 10.8 Å². The first-order chi connectivity index (χ1) is 12.0. The topological polar surface area (TPSA) is 79.4 Å². The zero-order valence-electron chi connectivity index (χ0n) is 14.5. The number of rotatable bonds is 8. The number of carbonyl (C=O) groups is 1. The van der Waals surface area contributed by atoms with E-state index in [1.807, 2.05) is 13.8 Å². The first-order valence-electron chi connectivity index (χ1n) is 8.30. The summed E-state index contributed by atoms with van der Waals surface area (Å²) in [7, 11) is -3.51. The third-order valence-electron chi connectivity index (χ3n) is 3.64. The van der Waals surface area contributed by atoms with Crippen molar-refractivity contribution in [1.82, 2.24) is 9.29 Å². The number of hydrogen-bond acceptors (Lipinski definition) is 4. The first kappa shape index (κ1) is 19.1. The molecule has 0 aliphatic heterocycles. The van der Waals surface area contributed by atoms with E-state index in [1.54, 1.807) is 36.7 Å². The van der Waals surface area contributed by atoms with Gasteiger partial charge < -0.3 is 5.32 Å². The summed E-state index contributed by atoms with van der Waals surface area (Å²) < 4.78 is 26.9. The molecular formula is C18H23N3O3S. The second kappa shape index (κ2) is 8.73. The lowest BCUT2D eigenvalue weighted by Crippen LogP contribution is -2.32. The summed E-state index contributed by atoms with van der Waals surface area (Å²) in [5.41, 5.74) is 1.03. The van der Waals surface area contributed by atoms with Crippen molar-refractivity contribution in [2.24, 2.45) is 0 Å². The standard InChI is InChI=1S/C18H23N3O3S/c1-3-13-21(14-4-2)25(23,24)17-7-5-16(6-8-17)20-18(22)15-9-11-19-12-10-15/h5-12H,3-4,13-14H2,1-2H3,(H,20,22). The van der Waals surface area contributed by atoms with E-state index in [0.29, 0.717) is 24.3 Å². The molecule has 1 N–H and O–H groups in total. The molecule has 0 unspecified atom stereocenters. The van der Waals surface area contributed by atoms with Crippen LogP contribution < -0.4 is 5.32 Å². The average Bonchev–Trinajstić information content (AvgIpc) is 2.62. The van der Waals surface area contributed by atoms with Gasteiger partial charge in [-0.15, -0.1) is 0 Å². The number of pyridine rings is 1. The highest BCUT2D eigenvalue weighted by Gasteiger charge is 2.22. The van der Waals surface area contributed by atoms with Crippen molar-refractivity contribution in [3.63, 3.8) is 0 Å². The van der Waals surface area contributed by atoms with Gasteiger partial charge in [-0.1, -0.05) is 13.8 Å². The van der Waals surface area contributed by atoms with Crippen LogP contribution in [0.1, 0.15) is 37.0 Å². The molecule has 1 aromatic carbocycles. The predicted octanol–water partition coefficient (Wildman–Crippen LogP) is 3.14. The number of aromatic nitrogens is 1. The summed E-state index contributed by atoms with van der Waals surface area (Å²) in [6.07, 6.45) is 4.61. The SMILES string of the molecule is CCCN(CCC)S(=O)(=O)c1ccc(NC(=O)c2ccncc2)cc1. The van der Waals surface area contributed by atoms with Crippen LogP contribution in [0.5, 0.6) is 0 Å². The van der Waals surface area contributed by atoms with Gasteiger partial charge >= 0.3 is 0 Å². The number of nitrogens with one attached hydrogen (secondary N) is 1. The maximum Gasteiger partial charge on any atom is 0.255 e. The maximum atomic E-state index is 12.7. The van der Waals surface area contributed by atoms with Gasteiger partial charge in [-0.3, -0.25) is 9.78 Å². The molecule has 0 saturated heterocycles. The Bertz CT molecular complexity index is 784. The Morgan fingerprint density at radius 1 is 1.00 bits per heavy atom. The van der Waals surface area contributed by atoms with Crippen molar-refractivity contribution in [2.75, 3.05) is 18.4 Å². The van der Waals surface area contributed by atoms with Gasteiger partial charge in [0.1, 0.15) is 0 Å². The van der Waals surface area contributed by atoms with E-state index in [1.165, 1.54) is 16.4 Å². The van der Waals surface area contributed by atoms with E-state index in [0.717, 1.165) is 12.8 Å². The molecule has 7 heteroatoms. The molecule has 0 saturated carbocycles. The van der Waals surface area contributed by atoms with Crippen molar-refractivity contribution >= 4 is 21.6 Å². The van der Waals surface area contributed by atoms with Crippen LogP contribution in [0, 0.1) is 0 Å². The summed E-state index contributed by atoms with van der Waals surface area (Å²) in [5.74, 6) is -0.267. The quantitative estimate of drug-likeness (QED) is 0.783. The van der Waals surface area contributed by atoms with Crippen molar-refractivity contribution in [3.8, 4) is 0 Å². The molecule has 6 nitrogen and oxygen atoms in total. The van der Waals surface area contributed by atoms with Crippen LogP contribution in [0.15, 0.2) is 53.7 Å². The highest BCUT2D eigenvalue weighted by atomic mass is 32.2. The van der Waals surface area contributed by atoms with Crippen molar-refractivity contribution < 1.29 is 13.2 Å². The van der Waals surface area contributed by atoms with Gasteiger partial charge in [0.25, 0.3) is 5.91 Å². The molecule has 0 aliphatic rings. The predicted molar refractivity (Wildman–Crippen MR) is 98.0 cm³/mol. The maximum absolute atomic E-state index is 12.7.